The second-order valence-electron chi connectivity index (χ2n) is 8.49. The van der Waals surface area contributed by atoms with Crippen molar-refractivity contribution in [3.8, 4) is 10.0 Å². The molecule has 0 bridgehead atoms. The fourth-order valence-electron chi connectivity index (χ4n) is 4.02. The van der Waals surface area contributed by atoms with Gasteiger partial charge in [0.15, 0.2) is 21.6 Å². The number of aryl methyl sites for hydroxylation is 2. The van der Waals surface area contributed by atoms with Crippen LogP contribution in [-0.4, -0.2) is 33.2 Å². The van der Waals surface area contributed by atoms with Crippen LogP contribution in [0.5, 0.6) is 0 Å². The van der Waals surface area contributed by atoms with Crippen LogP contribution in [0.4, 0.5) is 0 Å². The first-order chi connectivity index (χ1) is 14.7. The average molecular weight is 447 g/mol. The number of ketones is 2. The molecule has 0 atom stereocenters. The number of nitrogens with zero attached hydrogens (tertiary/aromatic N) is 2. The molecule has 0 aromatic carbocycles. The largest absolute Gasteiger partial charge is 0.389 e. The normalized spacial score (nSPS) is 16.7. The quantitative estimate of drug-likeness (QED) is 0.385. The predicted octanol–water partition coefficient (Wildman–Crippen LogP) is 5.50. The molecule has 2 aromatic heterocycles. The van der Waals surface area contributed by atoms with Gasteiger partial charge in [-0.25, -0.2) is 9.97 Å². The van der Waals surface area contributed by atoms with E-state index < -0.39 is 0 Å². The van der Waals surface area contributed by atoms with E-state index >= 15 is 0 Å². The summed E-state index contributed by atoms with van der Waals surface area (Å²) in [6.07, 6.45) is 12.8. The molecule has 5 nitrogen and oxygen atoms in total. The van der Waals surface area contributed by atoms with Crippen LogP contribution < -0.4 is 0 Å². The Hall–Kier alpha value is -1.44. The van der Waals surface area contributed by atoms with Gasteiger partial charge in [0, 0.05) is 22.6 Å². The second kappa shape index (κ2) is 10.2. The average Bonchev–Trinajstić information content (AvgIpc) is 3.36. The van der Waals surface area contributed by atoms with Crippen molar-refractivity contribution < 1.29 is 14.7 Å². The monoisotopic (exact) mass is 446 g/mol. The Balaban J connectivity index is 1.44. The first-order valence-corrected chi connectivity index (χ1v) is 12.9. The van der Waals surface area contributed by atoms with Crippen LogP contribution in [0.15, 0.2) is 0 Å². The predicted molar refractivity (Wildman–Crippen MR) is 121 cm³/mol. The highest BCUT2D eigenvalue weighted by Gasteiger charge is 2.32. The summed E-state index contributed by atoms with van der Waals surface area (Å²) in [5.74, 6) is 0.500. The van der Waals surface area contributed by atoms with Gasteiger partial charge in [-0.05, 0) is 57.3 Å². The zero-order valence-corrected chi connectivity index (χ0v) is 19.1. The van der Waals surface area contributed by atoms with Gasteiger partial charge in [-0.2, -0.15) is 0 Å². The molecule has 0 amide bonds. The summed E-state index contributed by atoms with van der Waals surface area (Å²) < 4.78 is 0. The van der Waals surface area contributed by atoms with Crippen LogP contribution in [-0.2, 0) is 17.6 Å². The van der Waals surface area contributed by atoms with E-state index in [2.05, 4.69) is 0 Å². The first-order valence-electron chi connectivity index (χ1n) is 11.3. The molecular formula is C23H30N2O3S2. The van der Waals surface area contributed by atoms with E-state index in [1.54, 1.807) is 22.7 Å². The number of hydrogen-bond donors (Lipinski definition) is 1. The number of aliphatic hydroxyl groups excluding tert-OH is 1. The molecule has 0 unspecified atom stereocenters. The Labute approximate surface area is 186 Å². The third-order valence-corrected chi connectivity index (χ3v) is 8.45. The molecule has 2 aliphatic rings. The third kappa shape index (κ3) is 5.42. The van der Waals surface area contributed by atoms with E-state index in [0.717, 1.165) is 59.8 Å². The van der Waals surface area contributed by atoms with Crippen molar-refractivity contribution in [2.24, 2.45) is 0 Å². The number of rotatable bonds is 10. The van der Waals surface area contributed by atoms with Crippen molar-refractivity contribution >= 4 is 34.2 Å². The lowest BCUT2D eigenvalue weighted by atomic mass is 10.0. The van der Waals surface area contributed by atoms with E-state index in [9.17, 15) is 9.59 Å². The number of carbonyl (C=O) groups excluding carboxylic acids is 2. The van der Waals surface area contributed by atoms with Gasteiger partial charge in [0.1, 0.15) is 12.3 Å². The van der Waals surface area contributed by atoms with Crippen molar-refractivity contribution in [3.05, 3.63) is 21.1 Å². The number of Topliss-reactive ketones (excluding diaryl/α,β-unsaturated/α-hetero) is 2. The van der Waals surface area contributed by atoms with Crippen LogP contribution in [0, 0.1) is 0 Å². The molecule has 162 valence electrons. The minimum Gasteiger partial charge on any atom is -0.389 e. The Bertz CT molecular complexity index is 873. The molecule has 30 heavy (non-hydrogen) atoms. The minimum atomic E-state index is -0.383. The second-order valence-corrected chi connectivity index (χ2v) is 10.6. The van der Waals surface area contributed by atoms with Gasteiger partial charge >= 0.3 is 0 Å². The van der Waals surface area contributed by atoms with E-state index in [4.69, 9.17) is 15.1 Å². The molecule has 2 aromatic rings. The summed E-state index contributed by atoms with van der Waals surface area (Å²) in [4.78, 5) is 36.4. The minimum absolute atomic E-state index is 0.126. The van der Waals surface area contributed by atoms with Gasteiger partial charge in [0.2, 0.25) is 0 Å². The Morgan fingerprint density at radius 2 is 1.63 bits per heavy atom. The van der Waals surface area contributed by atoms with Crippen LogP contribution in [0.3, 0.4) is 0 Å². The van der Waals surface area contributed by atoms with Gasteiger partial charge in [-0.15, -0.1) is 22.7 Å². The number of hydrogen-bond acceptors (Lipinski definition) is 7. The van der Waals surface area contributed by atoms with E-state index in [0.29, 0.717) is 24.5 Å². The smallest absolute Gasteiger partial charge is 0.182 e. The maximum absolute atomic E-state index is 12.9. The van der Waals surface area contributed by atoms with Crippen molar-refractivity contribution in [2.45, 2.75) is 89.4 Å². The number of aromatic nitrogens is 2. The lowest BCUT2D eigenvalue weighted by molar-refractivity contribution is -0.121. The topological polar surface area (TPSA) is 80.1 Å². The summed E-state index contributed by atoms with van der Waals surface area (Å²) in [7, 11) is 0. The summed E-state index contributed by atoms with van der Waals surface area (Å²) >= 11 is 3.46. The van der Waals surface area contributed by atoms with E-state index in [1.807, 2.05) is 0 Å². The first kappa shape index (κ1) is 21.8. The third-order valence-electron chi connectivity index (χ3n) is 5.93. The molecule has 1 fully saturated rings. The molecule has 4 rings (SSSR count). The van der Waals surface area contributed by atoms with Crippen LogP contribution in [0.25, 0.3) is 10.0 Å². The Morgan fingerprint density at radius 1 is 0.900 bits per heavy atom. The van der Waals surface area contributed by atoms with Crippen molar-refractivity contribution in [2.75, 3.05) is 6.61 Å². The summed E-state index contributed by atoms with van der Waals surface area (Å²) in [5.41, 5.74) is 1.93. The van der Waals surface area contributed by atoms with Crippen molar-refractivity contribution in [1.29, 1.82) is 0 Å². The Morgan fingerprint density at radius 3 is 2.40 bits per heavy atom. The fourth-order valence-corrected chi connectivity index (χ4v) is 6.45. The molecule has 0 spiro atoms. The number of unbranched alkanes of at least 4 members (excludes halogenated alkanes) is 2. The van der Waals surface area contributed by atoms with Gasteiger partial charge in [-0.3, -0.25) is 9.59 Å². The molecular weight excluding hydrogens is 416 g/mol. The summed E-state index contributed by atoms with van der Waals surface area (Å²) in [6.45, 7) is -0.383. The van der Waals surface area contributed by atoms with Crippen molar-refractivity contribution in [3.63, 3.8) is 0 Å². The zero-order valence-electron chi connectivity index (χ0n) is 17.5. The van der Waals surface area contributed by atoms with E-state index in [-0.39, 0.29) is 18.2 Å². The van der Waals surface area contributed by atoms with Crippen LogP contribution in [0.1, 0.15) is 102 Å². The lowest BCUT2D eigenvalue weighted by Crippen LogP contribution is -2.04. The van der Waals surface area contributed by atoms with Crippen LogP contribution in [0.2, 0.25) is 0 Å². The molecule has 2 heterocycles. The van der Waals surface area contributed by atoms with Gasteiger partial charge < -0.3 is 5.11 Å². The SMILES string of the molecule is O=C(CO)CCCCCC(=O)c1nc(-c2nc3c(s2)CCCCCC3)sc1C1CC1. The highest BCUT2D eigenvalue weighted by atomic mass is 32.1. The zero-order chi connectivity index (χ0) is 20.9. The van der Waals surface area contributed by atoms with Crippen LogP contribution >= 0.6 is 22.7 Å². The number of carbonyl (C=O) groups is 2. The van der Waals surface area contributed by atoms with Gasteiger partial charge in [0.25, 0.3) is 0 Å². The van der Waals surface area contributed by atoms with Gasteiger partial charge in [-0.1, -0.05) is 19.3 Å². The number of thiazole rings is 2. The van der Waals surface area contributed by atoms with Gasteiger partial charge in [0.05, 0.1) is 5.69 Å². The maximum Gasteiger partial charge on any atom is 0.182 e. The number of fused-ring (bicyclic) bond motifs is 1. The summed E-state index contributed by atoms with van der Waals surface area (Å²) in [5, 5.41) is 10.7. The molecule has 7 heteroatoms. The lowest BCUT2D eigenvalue weighted by Gasteiger charge is -2.06. The van der Waals surface area contributed by atoms with E-state index in [1.165, 1.54) is 36.3 Å². The molecule has 0 aliphatic heterocycles. The Kier molecular flexibility index (Phi) is 7.44. The molecule has 0 radical (unpaired) electrons. The maximum atomic E-state index is 12.9. The summed E-state index contributed by atoms with van der Waals surface area (Å²) in [6, 6.07) is 0. The standard InChI is InChI=1S/C23H30N2O3S2/c26-14-16(27)8-4-3-6-10-18(28)20-21(15-12-13-15)30-23(25-20)22-24-17-9-5-1-2-7-11-19(17)29-22/h15,26H,1-14H2. The molecule has 2 aliphatic carbocycles. The molecule has 0 saturated heterocycles. The molecule has 1 saturated carbocycles. The molecule has 1 N–H and O–H groups in total. The fraction of sp³-hybridized carbons (Fsp3) is 0.652. The highest BCUT2D eigenvalue weighted by molar-refractivity contribution is 7.21. The highest BCUT2D eigenvalue weighted by Crippen LogP contribution is 2.47. The van der Waals surface area contributed by atoms with Crippen molar-refractivity contribution in [1.82, 2.24) is 9.97 Å². The number of aliphatic hydroxyl groups is 1.